The molecule has 12 heteroatoms. The van der Waals surface area contributed by atoms with Gasteiger partial charge in [0.1, 0.15) is 12.4 Å². The van der Waals surface area contributed by atoms with Gasteiger partial charge in [0.05, 0.1) is 28.8 Å². The molecule has 2 aromatic carbocycles. The summed E-state index contributed by atoms with van der Waals surface area (Å²) in [5, 5.41) is 15.7. The Hall–Kier alpha value is -3.93. The molecule has 0 radical (unpaired) electrons. The zero-order valence-corrected chi connectivity index (χ0v) is 19.4. The Morgan fingerprint density at radius 3 is 2.58 bits per heavy atom. The van der Waals surface area contributed by atoms with Gasteiger partial charge in [-0.1, -0.05) is 30.3 Å². The summed E-state index contributed by atoms with van der Waals surface area (Å²) in [7, 11) is 2.12. The lowest BCUT2D eigenvalue weighted by Crippen LogP contribution is -2.46. The number of halogens is 3. The maximum Gasteiger partial charge on any atom is 0.490 e. The SMILES string of the molecule is CN1CC[C@@H](NC(=O)Cn2ncc3ccccc32)C[C@@H]1c1nc2ccccc2[nH]1.O=C(O)C(F)(F)F. The monoisotopic (exact) mass is 502 g/mol. The third-order valence-corrected chi connectivity index (χ3v) is 6.05. The van der Waals surface area contributed by atoms with Crippen LogP contribution in [-0.4, -0.2) is 67.4 Å². The van der Waals surface area contributed by atoms with E-state index in [1.165, 1.54) is 0 Å². The van der Waals surface area contributed by atoms with E-state index in [9.17, 15) is 18.0 Å². The van der Waals surface area contributed by atoms with Gasteiger partial charge in [-0.2, -0.15) is 18.3 Å². The molecule has 190 valence electrons. The molecule has 2 atom stereocenters. The summed E-state index contributed by atoms with van der Waals surface area (Å²) in [6, 6.07) is 16.3. The molecule has 0 unspecified atom stereocenters. The van der Waals surface area contributed by atoms with E-state index in [-0.39, 0.29) is 24.5 Å². The molecule has 1 fully saturated rings. The van der Waals surface area contributed by atoms with Gasteiger partial charge in [-0.25, -0.2) is 9.78 Å². The molecule has 2 aromatic heterocycles. The van der Waals surface area contributed by atoms with Crippen molar-refractivity contribution >= 4 is 33.8 Å². The molecule has 3 heterocycles. The van der Waals surface area contributed by atoms with Crippen molar-refractivity contribution in [3.8, 4) is 0 Å². The summed E-state index contributed by atoms with van der Waals surface area (Å²) < 4.78 is 33.5. The van der Waals surface area contributed by atoms with Gasteiger partial charge in [-0.05, 0) is 38.1 Å². The number of aromatic amines is 1. The molecule has 4 aromatic rings. The van der Waals surface area contributed by atoms with Gasteiger partial charge >= 0.3 is 12.1 Å². The van der Waals surface area contributed by atoms with E-state index < -0.39 is 12.1 Å². The van der Waals surface area contributed by atoms with Crippen LogP contribution in [0, 0.1) is 0 Å². The second-order valence-electron chi connectivity index (χ2n) is 8.59. The van der Waals surface area contributed by atoms with Gasteiger partial charge < -0.3 is 15.4 Å². The van der Waals surface area contributed by atoms with E-state index in [0.29, 0.717) is 0 Å². The first-order chi connectivity index (χ1) is 17.1. The molecule has 1 aliphatic heterocycles. The van der Waals surface area contributed by atoms with Crippen LogP contribution in [0.2, 0.25) is 0 Å². The Labute approximate surface area is 203 Å². The highest BCUT2D eigenvalue weighted by atomic mass is 19.4. The normalized spacial score (nSPS) is 18.6. The minimum absolute atomic E-state index is 0.00300. The first-order valence-corrected chi connectivity index (χ1v) is 11.3. The lowest BCUT2D eigenvalue weighted by atomic mass is 9.97. The molecule has 5 rings (SSSR count). The molecule has 0 bridgehead atoms. The number of aromatic nitrogens is 4. The lowest BCUT2D eigenvalue weighted by molar-refractivity contribution is -0.192. The molecule has 1 saturated heterocycles. The Morgan fingerprint density at radius 1 is 1.17 bits per heavy atom. The number of carbonyl (C=O) groups excluding carboxylic acids is 1. The number of hydrogen-bond acceptors (Lipinski definition) is 5. The van der Waals surface area contributed by atoms with Gasteiger partial charge in [-0.3, -0.25) is 14.4 Å². The number of piperidine rings is 1. The molecule has 0 aliphatic carbocycles. The second-order valence-corrected chi connectivity index (χ2v) is 8.59. The number of hydrogen-bond donors (Lipinski definition) is 3. The number of carboxylic acid groups (broad SMARTS) is 1. The summed E-state index contributed by atoms with van der Waals surface area (Å²) in [5.74, 6) is -1.80. The number of para-hydroxylation sites is 3. The number of imidazole rings is 1. The van der Waals surface area contributed by atoms with Crippen LogP contribution in [0.15, 0.2) is 54.7 Å². The fraction of sp³-hybridized carbons (Fsp3) is 0.333. The van der Waals surface area contributed by atoms with Crippen molar-refractivity contribution in [3.63, 3.8) is 0 Å². The number of amides is 1. The standard InChI is InChI=1S/C22H24N6O.C2HF3O2/c1-27-11-10-16(12-20(27)22-25-17-7-3-4-8-18(17)26-22)24-21(29)14-28-19-9-5-2-6-15(19)13-23-28;3-2(4,5)1(6)7/h2-9,13,16,20H,10-12,14H2,1H3,(H,24,29)(H,25,26);(H,6,7)/t16-,20-;/m1./s1. The third-order valence-electron chi connectivity index (χ3n) is 6.05. The first-order valence-electron chi connectivity index (χ1n) is 11.3. The minimum atomic E-state index is -5.08. The third kappa shape index (κ3) is 5.82. The van der Waals surface area contributed by atoms with Crippen LogP contribution in [-0.2, 0) is 16.1 Å². The highest BCUT2D eigenvalue weighted by molar-refractivity contribution is 5.82. The average molecular weight is 502 g/mol. The van der Waals surface area contributed by atoms with Crippen LogP contribution in [0.5, 0.6) is 0 Å². The van der Waals surface area contributed by atoms with Crippen LogP contribution in [0.1, 0.15) is 24.7 Å². The smallest absolute Gasteiger partial charge is 0.475 e. The number of aliphatic carboxylic acids is 1. The van der Waals surface area contributed by atoms with E-state index in [1.54, 1.807) is 10.9 Å². The first kappa shape index (κ1) is 25.2. The number of nitrogens with one attached hydrogen (secondary N) is 2. The van der Waals surface area contributed by atoms with Crippen LogP contribution in [0.3, 0.4) is 0 Å². The summed E-state index contributed by atoms with van der Waals surface area (Å²) >= 11 is 0. The predicted molar refractivity (Wildman–Crippen MR) is 126 cm³/mol. The Balaban J connectivity index is 0.000000384. The molecule has 36 heavy (non-hydrogen) atoms. The number of benzene rings is 2. The van der Waals surface area contributed by atoms with Crippen molar-refractivity contribution in [1.29, 1.82) is 0 Å². The van der Waals surface area contributed by atoms with Gasteiger partial charge in [-0.15, -0.1) is 0 Å². The van der Waals surface area contributed by atoms with E-state index in [1.807, 2.05) is 48.5 Å². The number of carboxylic acids is 1. The van der Waals surface area contributed by atoms with Crippen molar-refractivity contribution in [3.05, 3.63) is 60.6 Å². The highest BCUT2D eigenvalue weighted by Crippen LogP contribution is 2.29. The predicted octanol–water partition coefficient (Wildman–Crippen LogP) is 3.50. The van der Waals surface area contributed by atoms with E-state index in [2.05, 4.69) is 27.3 Å². The van der Waals surface area contributed by atoms with Crippen molar-refractivity contribution in [1.82, 2.24) is 30.0 Å². The van der Waals surface area contributed by atoms with Crippen molar-refractivity contribution < 1.29 is 27.9 Å². The Kier molecular flexibility index (Phi) is 7.25. The molecule has 0 spiro atoms. The number of nitrogens with zero attached hydrogens (tertiary/aromatic N) is 4. The van der Waals surface area contributed by atoms with E-state index >= 15 is 0 Å². The minimum Gasteiger partial charge on any atom is -0.475 e. The van der Waals surface area contributed by atoms with Crippen LogP contribution in [0.4, 0.5) is 13.2 Å². The van der Waals surface area contributed by atoms with Crippen molar-refractivity contribution in [2.45, 2.75) is 37.6 Å². The zero-order chi connectivity index (χ0) is 25.9. The van der Waals surface area contributed by atoms with Gasteiger partial charge in [0.2, 0.25) is 5.91 Å². The summed E-state index contributed by atoms with van der Waals surface area (Å²) in [4.78, 5) is 32.1. The maximum absolute atomic E-state index is 12.7. The summed E-state index contributed by atoms with van der Waals surface area (Å²) in [5.41, 5.74) is 3.01. The van der Waals surface area contributed by atoms with Crippen LogP contribution < -0.4 is 5.32 Å². The van der Waals surface area contributed by atoms with Crippen molar-refractivity contribution in [2.24, 2.45) is 0 Å². The largest absolute Gasteiger partial charge is 0.490 e. The number of likely N-dealkylation sites (tertiary alicyclic amines) is 1. The second kappa shape index (κ2) is 10.4. The van der Waals surface area contributed by atoms with E-state index in [0.717, 1.165) is 47.1 Å². The van der Waals surface area contributed by atoms with Crippen LogP contribution >= 0.6 is 0 Å². The van der Waals surface area contributed by atoms with E-state index in [4.69, 9.17) is 14.9 Å². The molecule has 3 N–H and O–H groups in total. The number of rotatable bonds is 4. The summed E-state index contributed by atoms with van der Waals surface area (Å²) in [6.45, 7) is 1.15. The molecule has 1 aliphatic rings. The summed E-state index contributed by atoms with van der Waals surface area (Å²) in [6.07, 6.45) is -1.52. The lowest BCUT2D eigenvalue weighted by Gasteiger charge is -2.36. The number of carbonyl (C=O) groups is 2. The van der Waals surface area contributed by atoms with Crippen LogP contribution in [0.25, 0.3) is 21.9 Å². The molecular formula is C24H25F3N6O3. The van der Waals surface area contributed by atoms with Gasteiger partial charge in [0, 0.05) is 18.0 Å². The fourth-order valence-electron chi connectivity index (χ4n) is 4.23. The van der Waals surface area contributed by atoms with Gasteiger partial charge in [0.15, 0.2) is 0 Å². The maximum atomic E-state index is 12.7. The molecule has 9 nitrogen and oxygen atoms in total. The molecule has 1 amide bonds. The van der Waals surface area contributed by atoms with Crippen molar-refractivity contribution in [2.75, 3.05) is 13.6 Å². The molecular weight excluding hydrogens is 477 g/mol. The fourth-order valence-corrected chi connectivity index (χ4v) is 4.23. The number of fused-ring (bicyclic) bond motifs is 2. The van der Waals surface area contributed by atoms with Gasteiger partial charge in [0.25, 0.3) is 0 Å². The highest BCUT2D eigenvalue weighted by Gasteiger charge is 2.38. The Morgan fingerprint density at radius 2 is 1.86 bits per heavy atom. The zero-order valence-electron chi connectivity index (χ0n) is 19.4. The number of H-pyrrole nitrogens is 1. The average Bonchev–Trinajstić information content (AvgIpc) is 3.44. The molecule has 0 saturated carbocycles. The topological polar surface area (TPSA) is 116 Å². The Bertz CT molecular complexity index is 1330. The number of alkyl halides is 3. The quantitative estimate of drug-likeness (QED) is 0.394.